The van der Waals surface area contributed by atoms with Gasteiger partial charge in [-0.2, -0.15) is 0 Å². The van der Waals surface area contributed by atoms with Crippen molar-refractivity contribution >= 4 is 39.6 Å². The minimum Gasteiger partial charge on any atom is -0.448 e. The molecule has 1 fully saturated rings. The van der Waals surface area contributed by atoms with Gasteiger partial charge in [0.1, 0.15) is 5.70 Å². The monoisotopic (exact) mass is 580 g/mol. The molecule has 1 atom stereocenters. The maximum atomic E-state index is 14.1. The SMILES string of the molecule is O=C(OC(c1ccccc1)c1ccccc1)C1=C(Sc2ccccc2)CS(=O)(=O)C2/C(=C/c3ccccn3)C(=O)N12. The summed E-state index contributed by atoms with van der Waals surface area (Å²) < 4.78 is 33.3. The Morgan fingerprint density at radius 2 is 1.46 bits per heavy atom. The van der Waals surface area contributed by atoms with Crippen LogP contribution in [0, 0.1) is 0 Å². The topological polar surface area (TPSA) is 93.6 Å². The molecular weight excluding hydrogens is 556 g/mol. The number of sulfone groups is 1. The Morgan fingerprint density at radius 1 is 0.878 bits per heavy atom. The number of hydrogen-bond donors (Lipinski definition) is 0. The molecule has 0 aliphatic carbocycles. The molecule has 6 rings (SSSR count). The van der Waals surface area contributed by atoms with Crippen molar-refractivity contribution in [1.29, 1.82) is 0 Å². The molecule has 0 spiro atoms. The van der Waals surface area contributed by atoms with Crippen LogP contribution in [-0.2, 0) is 24.2 Å². The minimum absolute atomic E-state index is 0.0567. The molecule has 2 aliphatic heterocycles. The third-order valence-electron chi connectivity index (χ3n) is 6.74. The third kappa shape index (κ3) is 5.33. The molecule has 1 aromatic heterocycles. The first-order valence-corrected chi connectivity index (χ1v) is 15.4. The van der Waals surface area contributed by atoms with Crippen LogP contribution in [0.25, 0.3) is 6.08 Å². The molecule has 1 unspecified atom stereocenters. The second-order valence-corrected chi connectivity index (χ2v) is 12.7. The van der Waals surface area contributed by atoms with Gasteiger partial charge in [-0.15, -0.1) is 0 Å². The Labute approximate surface area is 242 Å². The van der Waals surface area contributed by atoms with E-state index in [4.69, 9.17) is 4.74 Å². The van der Waals surface area contributed by atoms with Crippen molar-refractivity contribution in [2.24, 2.45) is 0 Å². The second-order valence-electron chi connectivity index (χ2n) is 9.48. The lowest BCUT2D eigenvalue weighted by molar-refractivity contribution is -0.149. The zero-order valence-electron chi connectivity index (χ0n) is 21.7. The molecule has 3 aromatic carbocycles. The summed E-state index contributed by atoms with van der Waals surface area (Å²) in [5.41, 5.74) is 1.96. The first kappa shape index (κ1) is 26.7. The lowest BCUT2D eigenvalue weighted by atomic mass is 10.0. The lowest BCUT2D eigenvalue weighted by Crippen LogP contribution is -2.62. The van der Waals surface area contributed by atoms with E-state index in [9.17, 15) is 18.0 Å². The molecule has 1 amide bonds. The number of thioether (sulfide) groups is 1. The number of pyridine rings is 1. The summed E-state index contributed by atoms with van der Waals surface area (Å²) in [6, 6.07) is 32.9. The van der Waals surface area contributed by atoms with Gasteiger partial charge in [-0.1, -0.05) is 96.7 Å². The van der Waals surface area contributed by atoms with Crippen molar-refractivity contribution < 1.29 is 22.7 Å². The first-order valence-electron chi connectivity index (χ1n) is 12.9. The quantitative estimate of drug-likeness (QED) is 0.164. The molecule has 9 heteroatoms. The second kappa shape index (κ2) is 11.2. The number of nitrogens with zero attached hydrogens (tertiary/aromatic N) is 2. The summed E-state index contributed by atoms with van der Waals surface area (Å²) in [5.74, 6) is -1.75. The van der Waals surface area contributed by atoms with E-state index in [1.165, 1.54) is 6.08 Å². The number of hydrogen-bond acceptors (Lipinski definition) is 7. The van der Waals surface area contributed by atoms with Crippen LogP contribution in [0.1, 0.15) is 22.9 Å². The van der Waals surface area contributed by atoms with Gasteiger partial charge >= 0.3 is 5.97 Å². The predicted molar refractivity (Wildman–Crippen MR) is 157 cm³/mol. The van der Waals surface area contributed by atoms with E-state index in [1.807, 2.05) is 91.0 Å². The Hall–Kier alpha value is -4.47. The Bertz CT molecular complexity index is 1720. The van der Waals surface area contributed by atoms with Crippen LogP contribution in [-0.4, -0.2) is 41.3 Å². The molecule has 7 nitrogen and oxygen atoms in total. The summed E-state index contributed by atoms with van der Waals surface area (Å²) in [5, 5.41) is -1.30. The van der Waals surface area contributed by atoms with Crippen molar-refractivity contribution in [3.05, 3.63) is 148 Å². The highest BCUT2D eigenvalue weighted by atomic mass is 32.2. The van der Waals surface area contributed by atoms with Crippen LogP contribution in [0.2, 0.25) is 0 Å². The standard InChI is InChI=1S/C32H24N2O5S2/c35-30-26(20-24-16-10-11-19-33-24)31-34(30)28(27(21-41(31,37)38)40-25-17-8-3-9-18-25)32(36)39-29(22-12-4-1-5-13-22)23-14-6-2-7-15-23/h1-20,29,31H,21H2/b26-20+. The van der Waals surface area contributed by atoms with Gasteiger partial charge in [0.05, 0.1) is 17.0 Å². The highest BCUT2D eigenvalue weighted by molar-refractivity contribution is 8.04. The molecule has 2 aliphatic rings. The number of rotatable bonds is 7. The van der Waals surface area contributed by atoms with Gasteiger partial charge in [-0.05, 0) is 41.5 Å². The Kier molecular flexibility index (Phi) is 7.30. The zero-order chi connectivity index (χ0) is 28.4. The largest absolute Gasteiger partial charge is 0.448 e. The van der Waals surface area contributed by atoms with Crippen LogP contribution in [0.3, 0.4) is 0 Å². The molecular formula is C32H24N2O5S2. The number of fused-ring (bicyclic) bond motifs is 1. The van der Waals surface area contributed by atoms with E-state index in [0.29, 0.717) is 5.69 Å². The maximum Gasteiger partial charge on any atom is 0.356 e. The van der Waals surface area contributed by atoms with Gasteiger partial charge in [0.2, 0.25) is 0 Å². The van der Waals surface area contributed by atoms with Crippen LogP contribution in [0.5, 0.6) is 0 Å². The van der Waals surface area contributed by atoms with Crippen LogP contribution >= 0.6 is 11.8 Å². The number of aromatic nitrogens is 1. The fourth-order valence-electron chi connectivity index (χ4n) is 4.88. The van der Waals surface area contributed by atoms with Gasteiger partial charge < -0.3 is 4.74 Å². The van der Waals surface area contributed by atoms with Gasteiger partial charge in [0.25, 0.3) is 5.91 Å². The van der Waals surface area contributed by atoms with Gasteiger partial charge in [-0.25, -0.2) is 13.2 Å². The number of esters is 1. The van der Waals surface area contributed by atoms with Crippen molar-refractivity contribution in [2.45, 2.75) is 16.4 Å². The van der Waals surface area contributed by atoms with Crippen LogP contribution < -0.4 is 0 Å². The third-order valence-corrected chi connectivity index (χ3v) is 9.85. The van der Waals surface area contributed by atoms with Crippen molar-refractivity contribution in [3.63, 3.8) is 0 Å². The Balaban J connectivity index is 1.43. The zero-order valence-corrected chi connectivity index (χ0v) is 23.3. The summed E-state index contributed by atoms with van der Waals surface area (Å²) in [6.07, 6.45) is 2.26. The van der Waals surface area contributed by atoms with Crippen molar-refractivity contribution in [3.8, 4) is 0 Å². The van der Waals surface area contributed by atoms with Crippen LogP contribution in [0.15, 0.2) is 136 Å². The van der Waals surface area contributed by atoms with E-state index in [2.05, 4.69) is 4.98 Å². The summed E-state index contributed by atoms with van der Waals surface area (Å²) in [4.78, 5) is 33.8. The molecule has 1 saturated heterocycles. The summed E-state index contributed by atoms with van der Waals surface area (Å²) in [7, 11) is -3.87. The highest BCUT2D eigenvalue weighted by Crippen LogP contribution is 2.45. The number of benzene rings is 3. The van der Waals surface area contributed by atoms with Crippen molar-refractivity contribution in [2.75, 3.05) is 5.75 Å². The van der Waals surface area contributed by atoms with Gasteiger partial charge in [0, 0.05) is 16.0 Å². The smallest absolute Gasteiger partial charge is 0.356 e. The minimum atomic E-state index is -3.87. The molecule has 41 heavy (non-hydrogen) atoms. The highest BCUT2D eigenvalue weighted by Gasteiger charge is 2.57. The maximum absolute atomic E-state index is 14.1. The van der Waals surface area contributed by atoms with Gasteiger partial charge in [0.15, 0.2) is 21.3 Å². The number of amides is 1. The summed E-state index contributed by atoms with van der Waals surface area (Å²) in [6.45, 7) is 0. The normalized spacial score (nSPS) is 18.7. The lowest BCUT2D eigenvalue weighted by Gasteiger charge is -2.45. The molecule has 0 N–H and O–H groups in total. The number of β-lactam (4-membered cyclic amide) rings is 1. The van der Waals surface area contributed by atoms with Crippen LogP contribution in [0.4, 0.5) is 0 Å². The van der Waals surface area contributed by atoms with E-state index in [-0.39, 0.29) is 16.2 Å². The fourth-order valence-corrected chi connectivity index (χ4v) is 8.21. The van der Waals surface area contributed by atoms with Gasteiger partial charge in [-0.3, -0.25) is 14.7 Å². The molecule has 4 aromatic rings. The van der Waals surface area contributed by atoms with E-state index >= 15 is 0 Å². The molecule has 204 valence electrons. The average Bonchev–Trinajstić information content (AvgIpc) is 3.00. The summed E-state index contributed by atoms with van der Waals surface area (Å²) >= 11 is 1.14. The molecule has 0 radical (unpaired) electrons. The molecule has 0 saturated carbocycles. The van der Waals surface area contributed by atoms with E-state index in [0.717, 1.165) is 32.7 Å². The van der Waals surface area contributed by atoms with Crippen molar-refractivity contribution in [1.82, 2.24) is 9.88 Å². The number of carbonyl (C=O) groups excluding carboxylic acids is 2. The first-order chi connectivity index (χ1) is 19.9. The fraction of sp³-hybridized carbons (Fsp3) is 0.0938. The molecule has 3 heterocycles. The molecule has 0 bridgehead atoms. The average molecular weight is 581 g/mol. The van der Waals surface area contributed by atoms with E-state index in [1.54, 1.807) is 24.4 Å². The predicted octanol–water partition coefficient (Wildman–Crippen LogP) is 5.40. The number of carbonyl (C=O) groups is 2. The van der Waals surface area contributed by atoms with E-state index < -0.39 is 38.9 Å². The Morgan fingerprint density at radius 3 is 2.05 bits per heavy atom. The number of ether oxygens (including phenoxy) is 1.